The third-order valence-electron chi connectivity index (χ3n) is 4.29. The lowest BCUT2D eigenvalue weighted by molar-refractivity contribution is 0.190. The van der Waals surface area contributed by atoms with Crippen LogP contribution in [0.1, 0.15) is 28.0 Å². The van der Waals surface area contributed by atoms with Gasteiger partial charge in [-0.3, -0.25) is 0 Å². The maximum atomic E-state index is 9.61. The highest BCUT2D eigenvalue weighted by molar-refractivity contribution is 7.99. The quantitative estimate of drug-likeness (QED) is 0.665. The van der Waals surface area contributed by atoms with Crippen LogP contribution in [0.4, 0.5) is 0 Å². The Bertz CT molecular complexity index is 927. The molecule has 0 aliphatic carbocycles. The number of hydrogen-bond acceptors (Lipinski definition) is 4. The summed E-state index contributed by atoms with van der Waals surface area (Å²) in [4.78, 5) is 1.10. The van der Waals surface area contributed by atoms with Gasteiger partial charge in [-0.05, 0) is 60.0 Å². The van der Waals surface area contributed by atoms with Crippen LogP contribution < -0.4 is 4.74 Å². The Morgan fingerprint density at radius 1 is 0.960 bits per heavy atom. The summed E-state index contributed by atoms with van der Waals surface area (Å²) in [7, 11) is 0. The molecule has 1 aliphatic heterocycles. The van der Waals surface area contributed by atoms with Gasteiger partial charge in [0.1, 0.15) is 23.4 Å². The van der Waals surface area contributed by atoms with Crippen molar-refractivity contribution in [3.63, 3.8) is 0 Å². The smallest absolute Gasteiger partial charge is 0.293 e. The molecule has 0 spiro atoms. The molecule has 3 nitrogen and oxygen atoms in total. The first-order valence-electron chi connectivity index (χ1n) is 8.51. The van der Waals surface area contributed by atoms with Crippen LogP contribution in [0.2, 0.25) is 0 Å². The fraction of sp³-hybridized carbons (Fsp3) is 0.143. The van der Waals surface area contributed by atoms with Crippen LogP contribution in [-0.4, -0.2) is 11.6 Å². The maximum absolute atomic E-state index is 9.61. The van der Waals surface area contributed by atoms with Gasteiger partial charge in [0.05, 0.1) is 10.1 Å². The summed E-state index contributed by atoms with van der Waals surface area (Å²) < 4.78 is 13.5. The number of aromatic hydroxyl groups is 2. The van der Waals surface area contributed by atoms with Gasteiger partial charge in [-0.15, -0.1) is 11.8 Å². The molecule has 0 aromatic heterocycles. The van der Waals surface area contributed by atoms with Crippen molar-refractivity contribution < 1.29 is 15.0 Å². The van der Waals surface area contributed by atoms with Crippen molar-refractivity contribution in [1.29, 1.82) is 1.43 Å². The normalized spacial score (nSPS) is 19.5. The minimum Gasteiger partial charge on any atom is -0.508 e. The van der Waals surface area contributed by atoms with Gasteiger partial charge < -0.3 is 15.0 Å². The van der Waals surface area contributed by atoms with Crippen LogP contribution in [0, 0.1) is 6.92 Å². The van der Waals surface area contributed by atoms with Gasteiger partial charge in [-0.1, -0.05) is 30.3 Å². The molecule has 0 saturated heterocycles. The topological polar surface area (TPSA) is 49.7 Å². The van der Waals surface area contributed by atoms with Crippen molar-refractivity contribution >= 4 is 11.8 Å². The molecule has 1 aliphatic rings. The predicted octanol–water partition coefficient (Wildman–Crippen LogP) is 5.37. The third-order valence-corrected chi connectivity index (χ3v) is 5.64. The standard InChI is InChI=1S/C21H18O3S/c1-13-5-10-18-19(11-13)25-21(15-3-2-4-17(23)12-15)20(24-18)14-6-8-16(22)9-7-14/h2-12,20-23H,1H3/t20-,21+/m0/s1/i/hT. The molecule has 2 N–H and O–H groups in total. The fourth-order valence-electron chi connectivity index (χ4n) is 3.04. The third kappa shape index (κ3) is 3.17. The van der Waals surface area contributed by atoms with Crippen LogP contribution in [0.15, 0.2) is 71.6 Å². The number of fused-ring (bicyclic) bond motifs is 1. The van der Waals surface area contributed by atoms with E-state index in [0.29, 0.717) is 5.75 Å². The van der Waals surface area contributed by atoms with Crippen molar-refractivity contribution in [2.75, 3.05) is 0 Å². The summed E-state index contributed by atoms with van der Waals surface area (Å²) in [6, 6.07) is 20.9. The Morgan fingerprint density at radius 2 is 1.80 bits per heavy atom. The lowest BCUT2D eigenvalue weighted by Crippen LogP contribution is -2.19. The van der Waals surface area contributed by atoms with Crippen LogP contribution in [0.25, 0.3) is 0 Å². The zero-order valence-corrected chi connectivity index (χ0v) is 14.5. The highest BCUT2D eigenvalue weighted by atomic mass is 32.2. The summed E-state index contributed by atoms with van der Waals surface area (Å²) >= 11 is 1.75. The Labute approximate surface area is 152 Å². The number of benzene rings is 3. The summed E-state index contributed by atoms with van der Waals surface area (Å²) in [6.07, 6.45) is -0.211. The van der Waals surface area contributed by atoms with E-state index >= 15 is 0 Å². The van der Waals surface area contributed by atoms with Crippen molar-refractivity contribution in [3.05, 3.63) is 83.4 Å². The van der Waals surface area contributed by atoms with Crippen molar-refractivity contribution in [3.8, 4) is 17.2 Å². The molecular formula is C21H18O3S. The van der Waals surface area contributed by atoms with Crippen LogP contribution in [0.3, 0.4) is 0 Å². The van der Waals surface area contributed by atoms with E-state index in [1.165, 1.54) is 5.56 Å². The molecule has 0 radical (unpaired) electrons. The van der Waals surface area contributed by atoms with Crippen LogP contribution in [0.5, 0.6) is 17.2 Å². The van der Waals surface area contributed by atoms with Gasteiger partial charge >= 0.3 is 0 Å². The van der Waals surface area contributed by atoms with Gasteiger partial charge in [0.15, 0.2) is 0 Å². The van der Waals surface area contributed by atoms with Gasteiger partial charge in [0, 0.05) is 0 Å². The first-order valence-corrected chi connectivity index (χ1v) is 8.98. The van der Waals surface area contributed by atoms with Crippen molar-refractivity contribution in [1.82, 2.24) is 0 Å². The summed E-state index contributed by atoms with van der Waals surface area (Å²) in [6.45, 7) is 2.07. The first-order chi connectivity index (χ1) is 12.6. The summed E-state index contributed by atoms with van der Waals surface area (Å²) in [5.74, 6) is 1.60. The molecule has 0 amide bonds. The first kappa shape index (κ1) is 14.7. The lowest BCUT2D eigenvalue weighted by Gasteiger charge is -2.34. The van der Waals surface area contributed by atoms with E-state index in [4.69, 9.17) is 6.17 Å². The molecule has 1 heterocycles. The molecule has 4 rings (SSSR count). The van der Waals surface area contributed by atoms with Crippen LogP contribution >= 0.6 is 11.8 Å². The monoisotopic (exact) mass is 352 g/mol. The number of phenolic OH excluding ortho intramolecular Hbond substituents is 2. The van der Waals surface area contributed by atoms with E-state index in [9.17, 15) is 5.11 Å². The zero-order chi connectivity index (χ0) is 18.1. The van der Waals surface area contributed by atoms with Crippen molar-refractivity contribution in [2.24, 2.45) is 0 Å². The minimum atomic E-state index is -0.211. The van der Waals surface area contributed by atoms with E-state index < -0.39 is 0 Å². The number of phenols is 2. The lowest BCUT2D eigenvalue weighted by atomic mass is 10.00. The molecule has 3 aromatic rings. The molecule has 126 valence electrons. The molecular weight excluding hydrogens is 332 g/mol. The molecule has 3 aromatic carbocycles. The number of rotatable bonds is 3. The van der Waals surface area contributed by atoms with E-state index in [1.54, 1.807) is 30.0 Å². The van der Waals surface area contributed by atoms with E-state index in [0.717, 1.165) is 21.8 Å². The molecule has 0 bridgehead atoms. The second-order valence-electron chi connectivity index (χ2n) is 6.19. The zero-order valence-electron chi connectivity index (χ0n) is 14.7. The highest BCUT2D eigenvalue weighted by Crippen LogP contribution is 2.53. The van der Waals surface area contributed by atoms with E-state index in [-0.39, 0.29) is 17.1 Å². The maximum Gasteiger partial charge on any atom is 0.293 e. The number of ether oxygens (including phenoxy) is 1. The summed E-state index contributed by atoms with van der Waals surface area (Å²) in [5, 5.41) is 14.3. The minimum absolute atomic E-state index is 0.00365. The van der Waals surface area contributed by atoms with E-state index in [1.807, 2.05) is 42.5 Å². The van der Waals surface area contributed by atoms with Gasteiger partial charge in [0.2, 0.25) is 0 Å². The van der Waals surface area contributed by atoms with Gasteiger partial charge in [-0.25, -0.2) is 0 Å². The van der Waals surface area contributed by atoms with Gasteiger partial charge in [0.25, 0.3) is 1.43 Å². The Hall–Kier alpha value is -2.59. The number of thioether (sulfide) groups is 1. The average Bonchev–Trinajstić information content (AvgIpc) is 2.67. The molecule has 0 unspecified atom stereocenters. The fourth-order valence-corrected chi connectivity index (χ4v) is 4.42. The Morgan fingerprint density at radius 3 is 2.60 bits per heavy atom. The second-order valence-corrected chi connectivity index (χ2v) is 7.37. The highest BCUT2D eigenvalue weighted by Gasteiger charge is 2.33. The van der Waals surface area contributed by atoms with Gasteiger partial charge in [-0.2, -0.15) is 0 Å². The average molecular weight is 352 g/mol. The Kier molecular flexibility index (Phi) is 3.75. The molecule has 2 atom stereocenters. The van der Waals surface area contributed by atoms with Crippen molar-refractivity contribution in [2.45, 2.75) is 23.2 Å². The molecule has 25 heavy (non-hydrogen) atoms. The second kappa shape index (κ2) is 6.37. The molecule has 4 heteroatoms. The predicted molar refractivity (Wildman–Crippen MR) is 99.4 cm³/mol. The van der Waals surface area contributed by atoms with Crippen LogP contribution in [-0.2, 0) is 0 Å². The number of aryl methyl sites for hydroxylation is 1. The summed E-state index contributed by atoms with van der Waals surface area (Å²) in [5.41, 5.74) is 3.21. The van der Waals surface area contributed by atoms with E-state index in [2.05, 4.69) is 18.1 Å². The molecule has 0 saturated carbocycles. The SMILES string of the molecule is [3H]Oc1cccc([C@H]2Sc3cc(C)ccc3O[C@H]2c2ccc(O)cc2)c1. The largest absolute Gasteiger partial charge is 0.508 e. The Balaban J connectivity index is 1.79. The molecule has 0 fully saturated rings. The number of hydrogen-bond donors (Lipinski definition) is 2.